The van der Waals surface area contributed by atoms with Gasteiger partial charge >= 0.3 is 0 Å². The predicted octanol–water partition coefficient (Wildman–Crippen LogP) is 6.76. The first-order chi connectivity index (χ1) is 20.7. The minimum atomic E-state index is -3.87. The number of carbonyl (C=O) groups excluding carboxylic acids is 2. The number of carbonyl (C=O) groups is 2. The van der Waals surface area contributed by atoms with E-state index < -0.39 is 28.5 Å². The standard InChI is InChI=1S/C34H41Cl2N3O4S/c1-34(2,3)25-17-19-27(20-18-25)39(44(4,42)43)23-32(40)38(22-28-29(35)15-10-16-30(28)36)31(21-24-11-6-5-7-12-24)33(41)37-26-13-8-9-14-26/h5-7,10-12,15-20,26,31H,8-9,13-14,21-23H2,1-4H3,(H,37,41). The number of hydrogen-bond acceptors (Lipinski definition) is 4. The summed E-state index contributed by atoms with van der Waals surface area (Å²) in [6.07, 6.45) is 5.11. The molecule has 0 aromatic heterocycles. The predicted molar refractivity (Wildman–Crippen MR) is 179 cm³/mol. The van der Waals surface area contributed by atoms with Crippen molar-refractivity contribution in [3.63, 3.8) is 0 Å². The van der Waals surface area contributed by atoms with Crippen LogP contribution in [0, 0.1) is 0 Å². The van der Waals surface area contributed by atoms with Crippen molar-refractivity contribution in [1.82, 2.24) is 10.2 Å². The number of halogens is 2. The molecule has 1 atom stereocenters. The van der Waals surface area contributed by atoms with E-state index in [9.17, 15) is 18.0 Å². The van der Waals surface area contributed by atoms with Gasteiger partial charge in [-0.2, -0.15) is 0 Å². The summed E-state index contributed by atoms with van der Waals surface area (Å²) in [5.41, 5.74) is 2.60. The molecule has 44 heavy (non-hydrogen) atoms. The molecule has 0 heterocycles. The summed E-state index contributed by atoms with van der Waals surface area (Å²) in [4.78, 5) is 29.8. The van der Waals surface area contributed by atoms with E-state index in [1.165, 1.54) is 4.90 Å². The van der Waals surface area contributed by atoms with Gasteiger partial charge in [0, 0.05) is 34.6 Å². The van der Waals surface area contributed by atoms with Gasteiger partial charge in [-0.05, 0) is 53.6 Å². The van der Waals surface area contributed by atoms with Gasteiger partial charge in [-0.25, -0.2) is 8.42 Å². The fraction of sp³-hybridized carbons (Fsp3) is 0.412. The van der Waals surface area contributed by atoms with E-state index in [0.29, 0.717) is 21.3 Å². The lowest BCUT2D eigenvalue weighted by Gasteiger charge is -2.34. The summed E-state index contributed by atoms with van der Waals surface area (Å²) < 4.78 is 27.3. The molecule has 0 spiro atoms. The maximum absolute atomic E-state index is 14.4. The Balaban J connectivity index is 1.75. The zero-order valence-corrected chi connectivity index (χ0v) is 28.1. The molecule has 0 bridgehead atoms. The van der Waals surface area contributed by atoms with Crippen LogP contribution in [0.2, 0.25) is 10.0 Å². The molecule has 1 aliphatic carbocycles. The van der Waals surface area contributed by atoms with Gasteiger partial charge in [-0.15, -0.1) is 0 Å². The van der Waals surface area contributed by atoms with Gasteiger partial charge in [0.2, 0.25) is 21.8 Å². The minimum Gasteiger partial charge on any atom is -0.352 e. The molecular weight excluding hydrogens is 617 g/mol. The zero-order chi connectivity index (χ0) is 32.1. The number of nitrogens with zero attached hydrogens (tertiary/aromatic N) is 2. The highest BCUT2D eigenvalue weighted by Gasteiger charge is 2.35. The normalized spacial score (nSPS) is 14.7. The third-order valence-corrected chi connectivity index (χ3v) is 9.91. The Morgan fingerprint density at radius 3 is 2.05 bits per heavy atom. The summed E-state index contributed by atoms with van der Waals surface area (Å²) >= 11 is 13.1. The minimum absolute atomic E-state index is 0.0236. The van der Waals surface area contributed by atoms with E-state index in [-0.39, 0.29) is 30.3 Å². The smallest absolute Gasteiger partial charge is 0.244 e. The van der Waals surface area contributed by atoms with Crippen LogP contribution in [-0.2, 0) is 38.0 Å². The van der Waals surface area contributed by atoms with Gasteiger partial charge in [-0.3, -0.25) is 13.9 Å². The Morgan fingerprint density at radius 1 is 0.909 bits per heavy atom. The molecule has 3 aromatic carbocycles. The van der Waals surface area contributed by atoms with Crippen molar-refractivity contribution < 1.29 is 18.0 Å². The topological polar surface area (TPSA) is 86.8 Å². The third kappa shape index (κ3) is 8.77. The summed E-state index contributed by atoms with van der Waals surface area (Å²) in [5, 5.41) is 3.85. The maximum atomic E-state index is 14.4. The molecule has 236 valence electrons. The molecular formula is C34H41Cl2N3O4S. The fourth-order valence-electron chi connectivity index (χ4n) is 5.52. The van der Waals surface area contributed by atoms with E-state index in [4.69, 9.17) is 23.2 Å². The van der Waals surface area contributed by atoms with Gasteiger partial charge in [0.1, 0.15) is 12.6 Å². The quantitative estimate of drug-likeness (QED) is 0.247. The molecule has 4 rings (SSSR count). The summed E-state index contributed by atoms with van der Waals surface area (Å²) in [6.45, 7) is 5.63. The second kappa shape index (κ2) is 14.4. The van der Waals surface area contributed by atoms with Gasteiger partial charge in [0.05, 0.1) is 11.9 Å². The number of hydrogen-bond donors (Lipinski definition) is 1. The Morgan fingerprint density at radius 2 is 1.50 bits per heavy atom. The second-order valence-corrected chi connectivity index (χ2v) is 15.2. The number of rotatable bonds is 11. The van der Waals surface area contributed by atoms with E-state index in [0.717, 1.165) is 47.4 Å². The molecule has 2 amide bonds. The Labute approximate surface area is 271 Å². The average Bonchev–Trinajstić information content (AvgIpc) is 3.47. The fourth-order valence-corrected chi connectivity index (χ4v) is 6.88. The first kappa shape index (κ1) is 33.8. The first-order valence-electron chi connectivity index (χ1n) is 14.9. The SMILES string of the molecule is CC(C)(C)c1ccc(N(CC(=O)N(Cc2c(Cl)cccc2Cl)C(Cc2ccccc2)C(=O)NC2CCCC2)S(C)(=O)=O)cc1. The lowest BCUT2D eigenvalue weighted by atomic mass is 9.87. The van der Waals surface area contributed by atoms with Crippen molar-refractivity contribution in [2.24, 2.45) is 0 Å². The average molecular weight is 659 g/mol. The van der Waals surface area contributed by atoms with Crippen molar-refractivity contribution in [1.29, 1.82) is 0 Å². The number of anilines is 1. The van der Waals surface area contributed by atoms with E-state index in [1.807, 2.05) is 42.5 Å². The van der Waals surface area contributed by atoms with Crippen LogP contribution >= 0.6 is 23.2 Å². The second-order valence-electron chi connectivity index (χ2n) is 12.5. The van der Waals surface area contributed by atoms with Crippen LogP contribution in [0.3, 0.4) is 0 Å². The van der Waals surface area contributed by atoms with Crippen LogP contribution in [0.5, 0.6) is 0 Å². The summed E-state index contributed by atoms with van der Waals surface area (Å²) in [5.74, 6) is -0.841. The highest BCUT2D eigenvalue weighted by molar-refractivity contribution is 7.92. The molecule has 3 aromatic rings. The van der Waals surface area contributed by atoms with Crippen LogP contribution in [0.4, 0.5) is 5.69 Å². The van der Waals surface area contributed by atoms with Gasteiger partial charge in [0.15, 0.2) is 0 Å². The molecule has 0 aliphatic heterocycles. The zero-order valence-electron chi connectivity index (χ0n) is 25.7. The molecule has 0 radical (unpaired) electrons. The molecule has 1 aliphatic rings. The van der Waals surface area contributed by atoms with E-state index >= 15 is 0 Å². The highest BCUT2D eigenvalue weighted by atomic mass is 35.5. The van der Waals surface area contributed by atoms with Gasteiger partial charge in [0.25, 0.3) is 0 Å². The lowest BCUT2D eigenvalue weighted by Crippen LogP contribution is -2.54. The number of sulfonamides is 1. The summed E-state index contributed by atoms with van der Waals surface area (Å²) in [6, 6.07) is 20.7. The molecule has 0 saturated heterocycles. The molecule has 1 N–H and O–H groups in total. The molecule has 1 fully saturated rings. The van der Waals surface area contributed by atoms with Crippen LogP contribution < -0.4 is 9.62 Å². The monoisotopic (exact) mass is 657 g/mol. The lowest BCUT2D eigenvalue weighted by molar-refractivity contribution is -0.140. The summed E-state index contributed by atoms with van der Waals surface area (Å²) in [7, 11) is -3.87. The van der Waals surface area contributed by atoms with Crippen LogP contribution in [-0.4, -0.2) is 50.0 Å². The van der Waals surface area contributed by atoms with Crippen LogP contribution in [0.1, 0.15) is 63.1 Å². The van der Waals surface area contributed by atoms with Crippen molar-refractivity contribution in [2.45, 2.75) is 76.9 Å². The van der Waals surface area contributed by atoms with Crippen molar-refractivity contribution in [3.05, 3.63) is 99.5 Å². The van der Waals surface area contributed by atoms with Crippen LogP contribution in [0.25, 0.3) is 0 Å². The van der Waals surface area contributed by atoms with Crippen molar-refractivity contribution in [3.8, 4) is 0 Å². The molecule has 10 heteroatoms. The van der Waals surface area contributed by atoms with Gasteiger partial charge in [-0.1, -0.05) is 105 Å². The van der Waals surface area contributed by atoms with E-state index in [1.54, 1.807) is 30.3 Å². The van der Waals surface area contributed by atoms with Crippen molar-refractivity contribution in [2.75, 3.05) is 17.1 Å². The number of amides is 2. The largest absolute Gasteiger partial charge is 0.352 e. The van der Waals surface area contributed by atoms with E-state index in [2.05, 4.69) is 26.1 Å². The Kier molecular flexibility index (Phi) is 11.0. The number of nitrogens with one attached hydrogen (secondary N) is 1. The van der Waals surface area contributed by atoms with Crippen LogP contribution in [0.15, 0.2) is 72.8 Å². The number of benzene rings is 3. The molecule has 1 saturated carbocycles. The third-order valence-electron chi connectivity index (χ3n) is 8.06. The maximum Gasteiger partial charge on any atom is 0.244 e. The molecule has 1 unspecified atom stereocenters. The van der Waals surface area contributed by atoms with Gasteiger partial charge < -0.3 is 10.2 Å². The Hall–Kier alpha value is -3.07. The first-order valence-corrected chi connectivity index (χ1v) is 17.5. The van der Waals surface area contributed by atoms with Crippen molar-refractivity contribution >= 4 is 50.7 Å². The molecule has 7 nitrogen and oxygen atoms in total. The highest BCUT2D eigenvalue weighted by Crippen LogP contribution is 2.29. The Bertz CT molecular complexity index is 1530.